The molecule has 0 aromatic heterocycles. The number of hydrogen-bond acceptors (Lipinski definition) is 2. The molecule has 1 nitrogen and oxygen atoms in total. The van der Waals surface area contributed by atoms with Gasteiger partial charge in [-0.2, -0.15) is 0 Å². The minimum atomic E-state index is -0.0976. The van der Waals surface area contributed by atoms with Crippen molar-refractivity contribution in [3.05, 3.63) is 29.8 Å². The second kappa shape index (κ2) is 4.37. The van der Waals surface area contributed by atoms with Gasteiger partial charge < -0.3 is 5.11 Å². The van der Waals surface area contributed by atoms with E-state index in [0.29, 0.717) is 5.25 Å². The molecule has 0 aliphatic heterocycles. The number of rotatable bonds is 2. The first-order valence-corrected chi connectivity index (χ1v) is 6.05. The van der Waals surface area contributed by atoms with Gasteiger partial charge in [0, 0.05) is 10.1 Å². The summed E-state index contributed by atoms with van der Waals surface area (Å²) in [4.78, 5) is 1.32. The highest BCUT2D eigenvalue weighted by atomic mass is 32.2. The zero-order chi connectivity index (χ0) is 9.97. The van der Waals surface area contributed by atoms with Crippen LogP contribution in [0.15, 0.2) is 29.2 Å². The third kappa shape index (κ3) is 2.12. The van der Waals surface area contributed by atoms with E-state index < -0.39 is 0 Å². The van der Waals surface area contributed by atoms with Crippen molar-refractivity contribution in [3.63, 3.8) is 0 Å². The molecule has 2 rings (SSSR count). The zero-order valence-electron chi connectivity index (χ0n) is 8.44. The van der Waals surface area contributed by atoms with Crippen molar-refractivity contribution in [1.82, 2.24) is 0 Å². The molecule has 1 aromatic rings. The number of thioether (sulfide) groups is 1. The minimum absolute atomic E-state index is 0.0976. The average molecular weight is 208 g/mol. The van der Waals surface area contributed by atoms with Crippen LogP contribution in [0.1, 0.15) is 24.8 Å². The lowest BCUT2D eigenvalue weighted by Gasteiger charge is -2.14. The summed E-state index contributed by atoms with van der Waals surface area (Å²) in [5.41, 5.74) is 1.32. The smallest absolute Gasteiger partial charge is 0.0662 e. The van der Waals surface area contributed by atoms with Gasteiger partial charge in [0.15, 0.2) is 0 Å². The van der Waals surface area contributed by atoms with E-state index in [1.165, 1.54) is 16.9 Å². The Morgan fingerprint density at radius 2 is 2.07 bits per heavy atom. The summed E-state index contributed by atoms with van der Waals surface area (Å²) in [6.45, 7) is 2.13. The third-order valence-corrected chi connectivity index (χ3v) is 4.35. The van der Waals surface area contributed by atoms with Crippen molar-refractivity contribution >= 4 is 11.8 Å². The van der Waals surface area contributed by atoms with Crippen LogP contribution in [-0.4, -0.2) is 16.5 Å². The van der Waals surface area contributed by atoms with Crippen molar-refractivity contribution in [2.24, 2.45) is 0 Å². The molecule has 0 radical (unpaired) electrons. The second-order valence-corrected chi connectivity index (χ2v) is 5.20. The maximum Gasteiger partial charge on any atom is 0.0662 e. The van der Waals surface area contributed by atoms with Crippen LogP contribution in [0, 0.1) is 6.92 Å². The van der Waals surface area contributed by atoms with Gasteiger partial charge in [0.2, 0.25) is 0 Å². The van der Waals surface area contributed by atoms with E-state index >= 15 is 0 Å². The highest BCUT2D eigenvalue weighted by Crippen LogP contribution is 2.36. The molecule has 0 bridgehead atoms. The van der Waals surface area contributed by atoms with Gasteiger partial charge in [-0.1, -0.05) is 18.2 Å². The second-order valence-electron chi connectivity index (χ2n) is 3.92. The summed E-state index contributed by atoms with van der Waals surface area (Å²) in [6.07, 6.45) is 3.20. The van der Waals surface area contributed by atoms with Crippen LogP contribution in [0.25, 0.3) is 0 Å². The molecule has 1 aliphatic carbocycles. The van der Waals surface area contributed by atoms with E-state index in [9.17, 15) is 5.11 Å². The predicted octanol–water partition coefficient (Wildman–Crippen LogP) is 3.00. The lowest BCUT2D eigenvalue weighted by atomic mass is 10.2. The Hall–Kier alpha value is -0.470. The maximum atomic E-state index is 9.72. The Balaban J connectivity index is 2.07. The van der Waals surface area contributed by atoms with Crippen LogP contribution in [0.2, 0.25) is 0 Å². The highest BCUT2D eigenvalue weighted by Gasteiger charge is 2.26. The molecule has 1 aromatic carbocycles. The normalized spacial score (nSPS) is 26.7. The predicted molar refractivity (Wildman–Crippen MR) is 60.7 cm³/mol. The molecule has 0 heterocycles. The fourth-order valence-electron chi connectivity index (χ4n) is 1.90. The molecule has 1 saturated carbocycles. The van der Waals surface area contributed by atoms with E-state index in [-0.39, 0.29) is 6.10 Å². The summed E-state index contributed by atoms with van der Waals surface area (Å²) in [5.74, 6) is 0. The zero-order valence-corrected chi connectivity index (χ0v) is 9.26. The summed E-state index contributed by atoms with van der Waals surface area (Å²) in [7, 11) is 0. The van der Waals surface area contributed by atoms with Crippen LogP contribution < -0.4 is 0 Å². The molecule has 0 saturated heterocycles. The minimum Gasteiger partial charge on any atom is -0.392 e. The van der Waals surface area contributed by atoms with Crippen molar-refractivity contribution in [3.8, 4) is 0 Å². The first kappa shape index (κ1) is 10.1. The van der Waals surface area contributed by atoms with Gasteiger partial charge in [-0.15, -0.1) is 11.8 Å². The molecular weight excluding hydrogens is 192 g/mol. The van der Waals surface area contributed by atoms with Gasteiger partial charge in [-0.25, -0.2) is 0 Å². The average Bonchev–Trinajstić information content (AvgIpc) is 2.56. The lowest BCUT2D eigenvalue weighted by Crippen LogP contribution is -2.14. The quantitative estimate of drug-likeness (QED) is 0.806. The van der Waals surface area contributed by atoms with E-state index in [1.54, 1.807) is 0 Å². The molecule has 76 valence electrons. The van der Waals surface area contributed by atoms with Crippen molar-refractivity contribution in [2.75, 3.05) is 0 Å². The summed E-state index contributed by atoms with van der Waals surface area (Å²) < 4.78 is 0. The summed E-state index contributed by atoms with van der Waals surface area (Å²) >= 11 is 1.84. The highest BCUT2D eigenvalue weighted by molar-refractivity contribution is 8.00. The van der Waals surface area contributed by atoms with Crippen molar-refractivity contribution < 1.29 is 5.11 Å². The molecule has 14 heavy (non-hydrogen) atoms. The fourth-order valence-corrected chi connectivity index (χ4v) is 3.21. The number of aryl methyl sites for hydroxylation is 1. The summed E-state index contributed by atoms with van der Waals surface area (Å²) in [6, 6.07) is 8.40. The Kier molecular flexibility index (Phi) is 3.14. The number of benzene rings is 1. The molecule has 1 aliphatic rings. The van der Waals surface area contributed by atoms with Gasteiger partial charge in [-0.3, -0.25) is 0 Å². The van der Waals surface area contributed by atoms with Gasteiger partial charge in [0.25, 0.3) is 0 Å². The number of aliphatic hydroxyl groups is 1. The Morgan fingerprint density at radius 3 is 2.71 bits per heavy atom. The van der Waals surface area contributed by atoms with Crippen molar-refractivity contribution in [2.45, 2.75) is 42.4 Å². The van der Waals surface area contributed by atoms with Gasteiger partial charge in [-0.05, 0) is 37.8 Å². The van der Waals surface area contributed by atoms with Crippen LogP contribution in [0.5, 0.6) is 0 Å². The third-order valence-electron chi connectivity index (χ3n) is 2.79. The molecule has 1 fully saturated rings. The Morgan fingerprint density at radius 1 is 1.29 bits per heavy atom. The molecular formula is C12H16OS. The van der Waals surface area contributed by atoms with Crippen LogP contribution in [0.4, 0.5) is 0 Å². The standard InChI is InChI=1S/C12H16OS/c1-9-5-2-3-7-11(9)14-12-8-4-6-10(12)13/h2-3,5,7,10,12-13H,4,6,8H2,1H3. The van der Waals surface area contributed by atoms with E-state index in [0.717, 1.165) is 12.8 Å². The van der Waals surface area contributed by atoms with Gasteiger partial charge in [0.1, 0.15) is 0 Å². The largest absolute Gasteiger partial charge is 0.392 e. The van der Waals surface area contributed by atoms with E-state index in [4.69, 9.17) is 0 Å². The van der Waals surface area contributed by atoms with Crippen LogP contribution in [-0.2, 0) is 0 Å². The number of aliphatic hydroxyl groups excluding tert-OH is 1. The molecule has 2 atom stereocenters. The molecule has 0 amide bonds. The van der Waals surface area contributed by atoms with Gasteiger partial charge in [0.05, 0.1) is 6.10 Å². The maximum absolute atomic E-state index is 9.72. The SMILES string of the molecule is Cc1ccccc1SC1CCCC1O. The number of hydrogen-bond donors (Lipinski definition) is 1. The lowest BCUT2D eigenvalue weighted by molar-refractivity contribution is 0.188. The topological polar surface area (TPSA) is 20.2 Å². The molecule has 0 spiro atoms. The molecule has 2 unspecified atom stereocenters. The Labute approximate surface area is 89.5 Å². The fraction of sp³-hybridized carbons (Fsp3) is 0.500. The Bertz CT molecular complexity index is 311. The molecule has 1 N–H and O–H groups in total. The van der Waals surface area contributed by atoms with Crippen molar-refractivity contribution in [1.29, 1.82) is 0 Å². The van der Waals surface area contributed by atoms with Crippen LogP contribution in [0.3, 0.4) is 0 Å². The first-order chi connectivity index (χ1) is 6.77. The van der Waals surface area contributed by atoms with E-state index in [1.807, 2.05) is 11.8 Å². The monoisotopic (exact) mass is 208 g/mol. The van der Waals surface area contributed by atoms with Gasteiger partial charge >= 0.3 is 0 Å². The first-order valence-electron chi connectivity index (χ1n) is 5.18. The molecule has 2 heteroatoms. The van der Waals surface area contributed by atoms with E-state index in [2.05, 4.69) is 31.2 Å². The van der Waals surface area contributed by atoms with Crippen LogP contribution >= 0.6 is 11.8 Å². The summed E-state index contributed by atoms with van der Waals surface area (Å²) in [5, 5.41) is 10.1.